The summed E-state index contributed by atoms with van der Waals surface area (Å²) in [4.78, 5) is 12.8. The Hall–Kier alpha value is -3.46. The molecule has 8 nitrogen and oxygen atoms in total. The highest BCUT2D eigenvalue weighted by atomic mass is 79.9. The smallest absolute Gasteiger partial charge is 0.227 e. The van der Waals surface area contributed by atoms with Crippen molar-refractivity contribution in [2.45, 2.75) is 12.8 Å². The monoisotopic (exact) mass is 495 g/mol. The first-order valence-corrected chi connectivity index (χ1v) is 10.9. The van der Waals surface area contributed by atoms with Crippen molar-refractivity contribution in [1.82, 2.24) is 25.1 Å². The Bertz CT molecular complexity index is 1230. The van der Waals surface area contributed by atoms with Gasteiger partial charge >= 0.3 is 0 Å². The predicted octanol–water partition coefficient (Wildman–Crippen LogP) is 5.07. The molecule has 0 amide bonds. The average molecular weight is 496 g/mol. The number of para-hydroxylation sites is 1. The molecule has 0 aliphatic heterocycles. The highest BCUT2D eigenvalue weighted by Crippen LogP contribution is 2.31. The van der Waals surface area contributed by atoms with Crippen LogP contribution in [0.4, 0.5) is 0 Å². The van der Waals surface area contributed by atoms with Crippen LogP contribution in [0.5, 0.6) is 17.5 Å². The number of aromatic amines is 1. The van der Waals surface area contributed by atoms with E-state index in [4.69, 9.17) is 14.2 Å². The average Bonchev–Trinajstić information content (AvgIpc) is 3.21. The minimum atomic E-state index is 0.444. The normalized spacial score (nSPS) is 10.8. The largest absolute Gasteiger partial charge is 0.493 e. The molecule has 4 aromatic rings. The van der Waals surface area contributed by atoms with Gasteiger partial charge in [0.1, 0.15) is 22.2 Å². The predicted molar refractivity (Wildman–Crippen MR) is 126 cm³/mol. The molecule has 0 radical (unpaired) electrons. The van der Waals surface area contributed by atoms with Crippen molar-refractivity contribution in [3.8, 4) is 28.8 Å². The van der Waals surface area contributed by atoms with E-state index in [0.29, 0.717) is 30.5 Å². The van der Waals surface area contributed by atoms with Crippen LogP contribution in [0.1, 0.15) is 18.4 Å². The Morgan fingerprint density at radius 2 is 1.84 bits per heavy atom. The number of hydrogen-bond donors (Lipinski definition) is 1. The summed E-state index contributed by atoms with van der Waals surface area (Å²) in [5.41, 5.74) is 3.21. The zero-order chi connectivity index (χ0) is 22.3. The van der Waals surface area contributed by atoms with Crippen molar-refractivity contribution in [3.05, 3.63) is 59.6 Å². The molecule has 0 atom stereocenters. The summed E-state index contributed by atoms with van der Waals surface area (Å²) < 4.78 is 17.9. The van der Waals surface area contributed by atoms with Gasteiger partial charge in [-0.25, -0.2) is 9.97 Å². The zero-order valence-electron chi connectivity index (χ0n) is 17.5. The highest BCUT2D eigenvalue weighted by Gasteiger charge is 2.12. The van der Waals surface area contributed by atoms with E-state index in [1.807, 2.05) is 30.3 Å². The summed E-state index contributed by atoms with van der Waals surface area (Å²) in [6.07, 6.45) is 6.41. The number of unbranched alkanes of at least 4 members (excludes halogenated alkanes) is 1. The fraction of sp³-hybridized carbons (Fsp3) is 0.217. The number of methoxy groups -OCH3 is 1. The fourth-order valence-electron chi connectivity index (χ4n) is 3.21. The minimum absolute atomic E-state index is 0.444. The van der Waals surface area contributed by atoms with Gasteiger partial charge in [-0.1, -0.05) is 24.8 Å². The zero-order valence-corrected chi connectivity index (χ0v) is 19.1. The van der Waals surface area contributed by atoms with E-state index >= 15 is 0 Å². The maximum absolute atomic E-state index is 6.06. The minimum Gasteiger partial charge on any atom is -0.493 e. The summed E-state index contributed by atoms with van der Waals surface area (Å²) in [7, 11) is 1.55. The van der Waals surface area contributed by atoms with E-state index in [0.717, 1.165) is 45.4 Å². The highest BCUT2D eigenvalue weighted by molar-refractivity contribution is 9.10. The fourth-order valence-corrected chi connectivity index (χ4v) is 3.61. The lowest BCUT2D eigenvalue weighted by Gasteiger charge is -2.12. The molecule has 0 saturated carbocycles. The van der Waals surface area contributed by atoms with E-state index in [1.54, 1.807) is 19.4 Å². The number of rotatable bonds is 10. The number of benzene rings is 1. The van der Waals surface area contributed by atoms with Crippen LogP contribution < -0.4 is 14.2 Å². The van der Waals surface area contributed by atoms with Gasteiger partial charge in [0.15, 0.2) is 0 Å². The molecule has 0 bridgehead atoms. The van der Waals surface area contributed by atoms with Gasteiger partial charge in [0.25, 0.3) is 0 Å². The number of halogens is 1. The van der Waals surface area contributed by atoms with Crippen molar-refractivity contribution in [3.63, 3.8) is 0 Å². The molecule has 3 heterocycles. The maximum atomic E-state index is 6.06. The van der Waals surface area contributed by atoms with Gasteiger partial charge in [0.2, 0.25) is 11.8 Å². The maximum Gasteiger partial charge on any atom is 0.227 e. The van der Waals surface area contributed by atoms with Gasteiger partial charge in [0, 0.05) is 10.9 Å². The first kappa shape index (κ1) is 21.8. The summed E-state index contributed by atoms with van der Waals surface area (Å²) in [6, 6.07) is 9.87. The molecular weight excluding hydrogens is 474 g/mol. The summed E-state index contributed by atoms with van der Waals surface area (Å²) >= 11 is 3.48. The lowest BCUT2D eigenvalue weighted by Crippen LogP contribution is -2.06. The van der Waals surface area contributed by atoms with Crippen LogP contribution in [0.25, 0.3) is 28.2 Å². The quantitative estimate of drug-likeness (QED) is 0.307. The number of ether oxygens (including phenoxy) is 3. The van der Waals surface area contributed by atoms with Crippen molar-refractivity contribution in [1.29, 1.82) is 0 Å². The second-order valence-corrected chi connectivity index (χ2v) is 7.62. The van der Waals surface area contributed by atoms with Crippen molar-refractivity contribution in [2.24, 2.45) is 0 Å². The van der Waals surface area contributed by atoms with Crippen molar-refractivity contribution in [2.75, 3.05) is 20.3 Å². The number of pyridine rings is 1. The third-order valence-corrected chi connectivity index (χ3v) is 5.40. The number of H-pyrrole nitrogens is 1. The summed E-state index contributed by atoms with van der Waals surface area (Å²) in [6.45, 7) is 4.82. The van der Waals surface area contributed by atoms with Crippen LogP contribution in [0.2, 0.25) is 0 Å². The second kappa shape index (κ2) is 10.2. The molecule has 1 N–H and O–H groups in total. The van der Waals surface area contributed by atoms with Gasteiger partial charge in [-0.2, -0.15) is 5.10 Å². The molecule has 164 valence electrons. The van der Waals surface area contributed by atoms with Gasteiger partial charge in [-0.3, -0.25) is 10.1 Å². The molecule has 0 aliphatic carbocycles. The third kappa shape index (κ3) is 4.72. The van der Waals surface area contributed by atoms with Crippen LogP contribution in [-0.4, -0.2) is 45.5 Å². The SMILES string of the molecule is C=Cc1c(OC)ncnc1OCCCCOc1ccccc1-c1cc2c(Br)[nH]nc2cn1. The molecule has 0 saturated heterocycles. The molecule has 0 aliphatic rings. The van der Waals surface area contributed by atoms with E-state index in [1.165, 1.54) is 6.33 Å². The second-order valence-electron chi connectivity index (χ2n) is 6.83. The Labute approximate surface area is 193 Å². The Kier molecular flexibility index (Phi) is 6.96. The standard InChI is InChI=1S/C23H22BrN5O3/c1-3-15-22(30-2)26-14-27-23(15)32-11-7-6-10-31-20-9-5-4-8-16(20)18-12-17-19(13-25-18)28-29-21(17)24/h3-5,8-9,12-14H,1,6-7,10-11H2,2H3,(H,28,29). The van der Waals surface area contributed by atoms with Gasteiger partial charge < -0.3 is 14.2 Å². The van der Waals surface area contributed by atoms with Crippen LogP contribution in [0, 0.1) is 0 Å². The number of aromatic nitrogens is 5. The van der Waals surface area contributed by atoms with Crippen molar-refractivity contribution >= 4 is 32.9 Å². The molecule has 1 aromatic carbocycles. The van der Waals surface area contributed by atoms with Crippen LogP contribution >= 0.6 is 15.9 Å². The summed E-state index contributed by atoms with van der Waals surface area (Å²) in [5, 5.41) is 8.08. The first-order chi connectivity index (χ1) is 15.7. The number of nitrogens with zero attached hydrogens (tertiary/aromatic N) is 4. The molecule has 9 heteroatoms. The van der Waals surface area contributed by atoms with Crippen molar-refractivity contribution < 1.29 is 14.2 Å². The number of hydrogen-bond acceptors (Lipinski definition) is 7. The lowest BCUT2D eigenvalue weighted by molar-refractivity contribution is 0.259. The Morgan fingerprint density at radius 3 is 2.66 bits per heavy atom. The van der Waals surface area contributed by atoms with E-state index in [-0.39, 0.29) is 0 Å². The Morgan fingerprint density at radius 1 is 1.06 bits per heavy atom. The Balaban J connectivity index is 1.33. The van der Waals surface area contributed by atoms with Gasteiger partial charge in [-0.15, -0.1) is 0 Å². The van der Waals surface area contributed by atoms with E-state index in [9.17, 15) is 0 Å². The van der Waals surface area contributed by atoms with Crippen LogP contribution in [0.15, 0.2) is 54.0 Å². The molecule has 0 spiro atoms. The lowest BCUT2D eigenvalue weighted by atomic mass is 10.1. The molecule has 4 rings (SSSR count). The van der Waals surface area contributed by atoms with Gasteiger partial charge in [-0.05, 0) is 47.0 Å². The number of nitrogens with one attached hydrogen (secondary N) is 1. The van der Waals surface area contributed by atoms with Crippen LogP contribution in [0.3, 0.4) is 0 Å². The molecule has 3 aromatic heterocycles. The third-order valence-electron chi connectivity index (χ3n) is 4.80. The molecular formula is C23H22BrN5O3. The van der Waals surface area contributed by atoms with Crippen LogP contribution in [-0.2, 0) is 0 Å². The molecule has 0 unspecified atom stereocenters. The molecule has 32 heavy (non-hydrogen) atoms. The topological polar surface area (TPSA) is 95.0 Å². The number of fused-ring (bicyclic) bond motifs is 1. The van der Waals surface area contributed by atoms with Gasteiger partial charge in [0.05, 0.1) is 37.8 Å². The van der Waals surface area contributed by atoms with E-state index < -0.39 is 0 Å². The van der Waals surface area contributed by atoms with E-state index in [2.05, 4.69) is 47.7 Å². The summed E-state index contributed by atoms with van der Waals surface area (Å²) in [5.74, 6) is 1.69. The molecule has 0 fully saturated rings. The first-order valence-electron chi connectivity index (χ1n) is 10.1.